The zero-order valence-electron chi connectivity index (χ0n) is 11.7. The summed E-state index contributed by atoms with van der Waals surface area (Å²) in [4.78, 5) is 14.8. The lowest BCUT2D eigenvalue weighted by Crippen LogP contribution is -2.35. The third-order valence-corrected chi connectivity index (χ3v) is 5.07. The van der Waals surface area contributed by atoms with Crippen LogP contribution in [0, 0.1) is 5.92 Å². The van der Waals surface area contributed by atoms with E-state index >= 15 is 0 Å². The number of thiophene rings is 1. The van der Waals surface area contributed by atoms with Crippen LogP contribution in [-0.4, -0.2) is 23.9 Å². The molecule has 1 aromatic heterocycles. The first-order valence-electron chi connectivity index (χ1n) is 6.89. The van der Waals surface area contributed by atoms with Gasteiger partial charge in [-0.1, -0.05) is 6.92 Å². The first-order chi connectivity index (χ1) is 9.11. The largest absolute Gasteiger partial charge is 0.299 e. The van der Waals surface area contributed by atoms with Crippen LogP contribution in [0.3, 0.4) is 0 Å². The molecule has 1 aliphatic rings. The summed E-state index contributed by atoms with van der Waals surface area (Å²) < 4.78 is 0. The van der Waals surface area contributed by atoms with Crippen LogP contribution in [0.25, 0.3) is 0 Å². The van der Waals surface area contributed by atoms with Crippen molar-refractivity contribution >= 4 is 17.2 Å². The standard InChI is InChI=1S/C14H23N3OS/c1-10-3-5-12(6-4-10)17(2)9-11-7-8-19-13(11)14(18)16-15/h7-8,10,12H,3-6,9,15H2,1-2H3,(H,16,18). The summed E-state index contributed by atoms with van der Waals surface area (Å²) in [6.45, 7) is 3.16. The van der Waals surface area contributed by atoms with Crippen LogP contribution < -0.4 is 11.3 Å². The van der Waals surface area contributed by atoms with E-state index in [4.69, 9.17) is 5.84 Å². The Hall–Kier alpha value is -0.910. The van der Waals surface area contributed by atoms with Crippen LogP contribution in [0.4, 0.5) is 0 Å². The zero-order chi connectivity index (χ0) is 13.8. The van der Waals surface area contributed by atoms with E-state index < -0.39 is 0 Å². The van der Waals surface area contributed by atoms with Gasteiger partial charge in [0.25, 0.3) is 5.91 Å². The number of carbonyl (C=O) groups is 1. The lowest BCUT2D eigenvalue weighted by molar-refractivity contribution is 0.0955. The highest BCUT2D eigenvalue weighted by Crippen LogP contribution is 2.28. The molecule has 1 aliphatic carbocycles. The van der Waals surface area contributed by atoms with E-state index in [2.05, 4.69) is 24.3 Å². The molecule has 0 spiro atoms. The second-order valence-electron chi connectivity index (χ2n) is 5.58. The van der Waals surface area contributed by atoms with E-state index in [0.717, 1.165) is 22.9 Å². The Kier molecular flexibility index (Phi) is 4.96. The Balaban J connectivity index is 1.97. The normalized spacial score (nSPS) is 23.6. The number of amides is 1. The maximum absolute atomic E-state index is 11.7. The summed E-state index contributed by atoms with van der Waals surface area (Å²) >= 11 is 1.45. The smallest absolute Gasteiger partial charge is 0.275 e. The van der Waals surface area contributed by atoms with E-state index in [0.29, 0.717) is 6.04 Å². The average molecular weight is 281 g/mol. The molecule has 5 heteroatoms. The molecule has 0 unspecified atom stereocenters. The summed E-state index contributed by atoms with van der Waals surface area (Å²) in [5.74, 6) is 5.90. The molecule has 1 aromatic rings. The number of hydrogen-bond acceptors (Lipinski definition) is 4. The molecule has 19 heavy (non-hydrogen) atoms. The Bertz CT molecular complexity index is 424. The molecule has 0 radical (unpaired) electrons. The summed E-state index contributed by atoms with van der Waals surface area (Å²) in [5, 5.41) is 1.96. The maximum atomic E-state index is 11.7. The Morgan fingerprint density at radius 1 is 1.47 bits per heavy atom. The van der Waals surface area contributed by atoms with E-state index in [1.165, 1.54) is 37.0 Å². The number of nitrogens with two attached hydrogens (primary N) is 1. The molecule has 1 fully saturated rings. The van der Waals surface area contributed by atoms with E-state index in [1.54, 1.807) is 0 Å². The highest BCUT2D eigenvalue weighted by Gasteiger charge is 2.23. The molecule has 0 aromatic carbocycles. The summed E-state index contributed by atoms with van der Waals surface area (Å²) in [7, 11) is 2.16. The van der Waals surface area contributed by atoms with Crippen molar-refractivity contribution in [2.75, 3.05) is 7.05 Å². The van der Waals surface area contributed by atoms with Crippen molar-refractivity contribution in [2.45, 2.75) is 45.2 Å². The predicted molar refractivity (Wildman–Crippen MR) is 78.9 cm³/mol. The highest BCUT2D eigenvalue weighted by molar-refractivity contribution is 7.12. The van der Waals surface area contributed by atoms with Crippen molar-refractivity contribution in [3.05, 3.63) is 21.9 Å². The van der Waals surface area contributed by atoms with Crippen LogP contribution in [0.5, 0.6) is 0 Å². The molecule has 3 N–H and O–H groups in total. The Morgan fingerprint density at radius 2 is 2.16 bits per heavy atom. The molecule has 1 saturated carbocycles. The lowest BCUT2D eigenvalue weighted by atomic mass is 9.86. The van der Waals surface area contributed by atoms with E-state index in [-0.39, 0.29) is 5.91 Å². The number of hydrazine groups is 1. The molecule has 0 atom stereocenters. The van der Waals surface area contributed by atoms with Crippen LogP contribution in [-0.2, 0) is 6.54 Å². The predicted octanol–water partition coefficient (Wildman–Crippen LogP) is 2.36. The van der Waals surface area contributed by atoms with Gasteiger partial charge in [-0.2, -0.15) is 0 Å². The first-order valence-corrected chi connectivity index (χ1v) is 7.77. The van der Waals surface area contributed by atoms with Crippen LogP contribution in [0.15, 0.2) is 11.4 Å². The SMILES string of the molecule is CC1CCC(N(C)Cc2ccsc2C(=O)NN)CC1. The fourth-order valence-corrected chi connectivity index (χ4v) is 3.62. The topological polar surface area (TPSA) is 58.4 Å². The van der Waals surface area contributed by atoms with Gasteiger partial charge in [0, 0.05) is 12.6 Å². The van der Waals surface area contributed by atoms with Gasteiger partial charge in [-0.25, -0.2) is 5.84 Å². The number of nitrogens with one attached hydrogen (secondary N) is 1. The van der Waals surface area contributed by atoms with Gasteiger partial charge < -0.3 is 0 Å². The quantitative estimate of drug-likeness (QED) is 0.506. The van der Waals surface area contributed by atoms with E-state index in [1.807, 2.05) is 11.4 Å². The van der Waals surface area contributed by atoms with Crippen LogP contribution in [0.2, 0.25) is 0 Å². The molecule has 0 aliphatic heterocycles. The van der Waals surface area contributed by atoms with Gasteiger partial charge in [0.05, 0.1) is 4.88 Å². The maximum Gasteiger partial charge on any atom is 0.275 e. The Labute approximate surface area is 118 Å². The van der Waals surface area contributed by atoms with Crippen LogP contribution in [0.1, 0.15) is 47.8 Å². The number of nitrogens with zero attached hydrogens (tertiary/aromatic N) is 1. The first kappa shape index (κ1) is 14.5. The summed E-state index contributed by atoms with van der Waals surface area (Å²) in [6, 6.07) is 2.67. The number of nitrogen functional groups attached to an aromatic ring is 1. The van der Waals surface area contributed by atoms with E-state index in [9.17, 15) is 4.79 Å². The summed E-state index contributed by atoms with van der Waals surface area (Å²) in [6.07, 6.45) is 5.16. The van der Waals surface area contributed by atoms with Crippen molar-refractivity contribution in [1.82, 2.24) is 10.3 Å². The molecule has 1 amide bonds. The third kappa shape index (κ3) is 3.55. The molecule has 4 nitrogen and oxygen atoms in total. The number of hydrogen-bond donors (Lipinski definition) is 2. The van der Waals surface area contributed by atoms with Gasteiger partial charge in [-0.3, -0.25) is 15.1 Å². The zero-order valence-corrected chi connectivity index (χ0v) is 12.5. The fraction of sp³-hybridized carbons (Fsp3) is 0.643. The van der Waals surface area contributed by atoms with Gasteiger partial charge in [-0.05, 0) is 55.7 Å². The molecule has 106 valence electrons. The van der Waals surface area contributed by atoms with Crippen molar-refractivity contribution in [3.8, 4) is 0 Å². The minimum absolute atomic E-state index is 0.185. The third-order valence-electron chi connectivity index (χ3n) is 4.11. The van der Waals surface area contributed by atoms with Crippen LogP contribution >= 0.6 is 11.3 Å². The monoisotopic (exact) mass is 281 g/mol. The van der Waals surface area contributed by atoms with Gasteiger partial charge >= 0.3 is 0 Å². The molecule has 0 bridgehead atoms. The van der Waals surface area contributed by atoms with Gasteiger partial charge in [0.15, 0.2) is 0 Å². The molecule has 0 saturated heterocycles. The average Bonchev–Trinajstić information content (AvgIpc) is 2.86. The molecule has 1 heterocycles. The molecular weight excluding hydrogens is 258 g/mol. The van der Waals surface area contributed by atoms with Crippen molar-refractivity contribution in [3.63, 3.8) is 0 Å². The molecule has 2 rings (SSSR count). The summed E-state index contributed by atoms with van der Waals surface area (Å²) in [5.41, 5.74) is 3.30. The number of rotatable bonds is 4. The van der Waals surface area contributed by atoms with Gasteiger partial charge in [-0.15, -0.1) is 11.3 Å². The lowest BCUT2D eigenvalue weighted by Gasteiger charge is -2.33. The minimum atomic E-state index is -0.185. The fourth-order valence-electron chi connectivity index (χ4n) is 2.81. The highest BCUT2D eigenvalue weighted by atomic mass is 32.1. The van der Waals surface area contributed by atoms with Crippen molar-refractivity contribution in [2.24, 2.45) is 11.8 Å². The van der Waals surface area contributed by atoms with Gasteiger partial charge in [0.1, 0.15) is 0 Å². The second kappa shape index (κ2) is 6.50. The van der Waals surface area contributed by atoms with Crippen molar-refractivity contribution < 1.29 is 4.79 Å². The van der Waals surface area contributed by atoms with Gasteiger partial charge in [0.2, 0.25) is 0 Å². The minimum Gasteiger partial charge on any atom is -0.299 e. The second-order valence-corrected chi connectivity index (χ2v) is 6.49. The molecular formula is C14H23N3OS. The Morgan fingerprint density at radius 3 is 2.79 bits per heavy atom. The number of carbonyl (C=O) groups excluding carboxylic acids is 1. The van der Waals surface area contributed by atoms with Crippen molar-refractivity contribution in [1.29, 1.82) is 0 Å².